The third-order valence-electron chi connectivity index (χ3n) is 6.21. The quantitative estimate of drug-likeness (QED) is 0.479. The van der Waals surface area contributed by atoms with E-state index in [0.717, 1.165) is 46.9 Å². The number of aryl methyl sites for hydroxylation is 3. The second kappa shape index (κ2) is 8.23. The van der Waals surface area contributed by atoms with E-state index in [2.05, 4.69) is 43.4 Å². The Bertz CT molecular complexity index is 1260. The molecule has 5 heterocycles. The van der Waals surface area contributed by atoms with Crippen LogP contribution in [0.1, 0.15) is 24.6 Å². The molecule has 5 rings (SSSR count). The minimum Gasteiger partial charge on any atom is -0.488 e. The summed E-state index contributed by atoms with van der Waals surface area (Å²) in [5.41, 5.74) is 4.95. The van der Waals surface area contributed by atoms with Gasteiger partial charge >= 0.3 is 0 Å². The number of hydrogen-bond acceptors (Lipinski definition) is 7. The standard InChI is InChI=1S/C23H28N8O/c1-5-30-8-7-18(30)14-32-20-13-25-29(4)22(20)17-6-9-31-19(10-17)11-21(28-31)27-23-24-12-15(2)16(3)26-23/h6,9-13,18H,5,7-8,14H2,1-4H3,(H,24,26,27,28)/t18-/m1/s1. The maximum atomic E-state index is 6.19. The van der Waals surface area contributed by atoms with Gasteiger partial charge in [0, 0.05) is 49.4 Å². The molecule has 0 aliphatic carbocycles. The van der Waals surface area contributed by atoms with E-state index in [4.69, 9.17) is 4.74 Å². The van der Waals surface area contributed by atoms with Gasteiger partial charge in [0.05, 0.1) is 11.7 Å². The summed E-state index contributed by atoms with van der Waals surface area (Å²) in [7, 11) is 1.94. The van der Waals surface area contributed by atoms with Crippen LogP contribution in [0.25, 0.3) is 16.8 Å². The molecule has 1 N–H and O–H groups in total. The van der Waals surface area contributed by atoms with Gasteiger partial charge in [-0.05, 0) is 44.5 Å². The lowest BCUT2D eigenvalue weighted by molar-refractivity contribution is 0.0563. The summed E-state index contributed by atoms with van der Waals surface area (Å²) in [5, 5.41) is 12.2. The Morgan fingerprint density at radius 1 is 1.22 bits per heavy atom. The largest absolute Gasteiger partial charge is 0.488 e. The van der Waals surface area contributed by atoms with Crippen LogP contribution in [0, 0.1) is 13.8 Å². The molecule has 9 heteroatoms. The minimum atomic E-state index is 0.492. The third kappa shape index (κ3) is 3.80. The molecule has 0 amide bonds. The van der Waals surface area contributed by atoms with Gasteiger partial charge in [0.25, 0.3) is 0 Å². The highest BCUT2D eigenvalue weighted by Crippen LogP contribution is 2.31. The number of nitrogens with zero attached hydrogens (tertiary/aromatic N) is 7. The maximum absolute atomic E-state index is 6.19. The number of pyridine rings is 1. The van der Waals surface area contributed by atoms with Crippen molar-refractivity contribution < 1.29 is 4.74 Å². The SMILES string of the molecule is CCN1CC[C@@H]1COc1cnn(C)c1-c1ccn2nc(Nc3ncc(C)c(C)n3)cc2c1. The summed E-state index contributed by atoms with van der Waals surface area (Å²) in [4.78, 5) is 11.2. The van der Waals surface area contributed by atoms with Crippen molar-refractivity contribution in [1.29, 1.82) is 0 Å². The van der Waals surface area contributed by atoms with Gasteiger partial charge < -0.3 is 10.1 Å². The Balaban J connectivity index is 1.38. The van der Waals surface area contributed by atoms with E-state index in [1.165, 1.54) is 6.42 Å². The molecule has 1 aliphatic heterocycles. The Morgan fingerprint density at radius 3 is 2.84 bits per heavy atom. The lowest BCUT2D eigenvalue weighted by Crippen LogP contribution is -2.50. The predicted octanol–water partition coefficient (Wildman–Crippen LogP) is 3.36. The highest BCUT2D eigenvalue weighted by Gasteiger charge is 2.27. The molecule has 1 saturated heterocycles. The maximum Gasteiger partial charge on any atom is 0.228 e. The van der Waals surface area contributed by atoms with Crippen molar-refractivity contribution >= 4 is 17.3 Å². The normalized spacial score (nSPS) is 16.3. The topological polar surface area (TPSA) is 85.4 Å². The van der Waals surface area contributed by atoms with E-state index < -0.39 is 0 Å². The fraction of sp³-hybridized carbons (Fsp3) is 0.391. The van der Waals surface area contributed by atoms with E-state index in [1.54, 1.807) is 6.20 Å². The van der Waals surface area contributed by atoms with Crippen LogP contribution in [0.2, 0.25) is 0 Å². The minimum absolute atomic E-state index is 0.492. The molecule has 9 nitrogen and oxygen atoms in total. The smallest absolute Gasteiger partial charge is 0.228 e. The van der Waals surface area contributed by atoms with Crippen LogP contribution in [0.4, 0.5) is 11.8 Å². The number of ether oxygens (including phenoxy) is 1. The van der Waals surface area contributed by atoms with Crippen LogP contribution in [0.15, 0.2) is 36.8 Å². The first kappa shape index (κ1) is 20.4. The van der Waals surface area contributed by atoms with Crippen molar-refractivity contribution in [3.05, 3.63) is 48.0 Å². The monoisotopic (exact) mass is 432 g/mol. The van der Waals surface area contributed by atoms with Crippen LogP contribution >= 0.6 is 0 Å². The molecular weight excluding hydrogens is 404 g/mol. The van der Waals surface area contributed by atoms with Gasteiger partial charge in [-0.3, -0.25) is 9.58 Å². The molecule has 0 unspecified atom stereocenters. The molecule has 1 aliphatic rings. The van der Waals surface area contributed by atoms with Crippen molar-refractivity contribution in [2.45, 2.75) is 33.2 Å². The summed E-state index contributed by atoms with van der Waals surface area (Å²) in [6.07, 6.45) is 6.74. The molecule has 1 fully saturated rings. The van der Waals surface area contributed by atoms with Crippen LogP contribution in [0.5, 0.6) is 5.75 Å². The van der Waals surface area contributed by atoms with Crippen molar-refractivity contribution in [3.63, 3.8) is 0 Å². The zero-order valence-corrected chi connectivity index (χ0v) is 18.9. The molecule has 0 bridgehead atoms. The number of rotatable bonds is 7. The van der Waals surface area contributed by atoms with Gasteiger partial charge in [0.2, 0.25) is 5.95 Å². The molecule has 4 aromatic heterocycles. The van der Waals surface area contributed by atoms with Gasteiger partial charge in [-0.25, -0.2) is 14.5 Å². The second-order valence-corrected chi connectivity index (χ2v) is 8.26. The molecule has 4 aromatic rings. The van der Waals surface area contributed by atoms with Crippen LogP contribution in [0.3, 0.4) is 0 Å². The van der Waals surface area contributed by atoms with E-state index >= 15 is 0 Å². The summed E-state index contributed by atoms with van der Waals surface area (Å²) in [6.45, 7) is 9.06. The Labute approximate surface area is 187 Å². The van der Waals surface area contributed by atoms with Crippen LogP contribution < -0.4 is 10.1 Å². The Hall–Kier alpha value is -3.46. The highest BCUT2D eigenvalue weighted by atomic mass is 16.5. The first-order valence-electron chi connectivity index (χ1n) is 11.0. The number of hydrogen-bond donors (Lipinski definition) is 1. The van der Waals surface area contributed by atoms with Gasteiger partial charge in [-0.15, -0.1) is 0 Å². The fourth-order valence-electron chi connectivity index (χ4n) is 4.04. The van der Waals surface area contributed by atoms with Gasteiger partial charge in [-0.2, -0.15) is 10.2 Å². The summed E-state index contributed by atoms with van der Waals surface area (Å²) < 4.78 is 9.88. The van der Waals surface area contributed by atoms with Crippen molar-refractivity contribution in [3.8, 4) is 17.0 Å². The summed E-state index contributed by atoms with van der Waals surface area (Å²) >= 11 is 0. The molecule has 0 spiro atoms. The number of fused-ring (bicyclic) bond motifs is 1. The van der Waals surface area contributed by atoms with Crippen molar-refractivity contribution in [2.75, 3.05) is 25.0 Å². The molecule has 0 saturated carbocycles. The average molecular weight is 433 g/mol. The number of anilines is 2. The Kier molecular flexibility index (Phi) is 5.26. The second-order valence-electron chi connectivity index (χ2n) is 8.26. The number of aromatic nitrogens is 6. The highest BCUT2D eigenvalue weighted by molar-refractivity contribution is 5.72. The van der Waals surface area contributed by atoms with Gasteiger partial charge in [-0.1, -0.05) is 6.92 Å². The fourth-order valence-corrected chi connectivity index (χ4v) is 4.04. The number of likely N-dealkylation sites (tertiary alicyclic amines) is 1. The van der Waals surface area contributed by atoms with Crippen LogP contribution in [-0.4, -0.2) is 60.0 Å². The summed E-state index contributed by atoms with van der Waals surface area (Å²) in [5.74, 6) is 2.04. The van der Waals surface area contributed by atoms with Crippen molar-refractivity contribution in [2.24, 2.45) is 7.05 Å². The molecular formula is C23H28N8O. The van der Waals surface area contributed by atoms with Crippen LogP contribution in [-0.2, 0) is 7.05 Å². The molecule has 166 valence electrons. The first-order valence-corrected chi connectivity index (χ1v) is 11.0. The third-order valence-corrected chi connectivity index (χ3v) is 6.21. The van der Waals surface area contributed by atoms with Gasteiger partial charge in [0.1, 0.15) is 12.3 Å². The summed E-state index contributed by atoms with van der Waals surface area (Å²) in [6, 6.07) is 6.59. The zero-order valence-electron chi connectivity index (χ0n) is 18.9. The molecule has 0 aromatic carbocycles. The van der Waals surface area contributed by atoms with E-state index in [0.29, 0.717) is 24.4 Å². The van der Waals surface area contributed by atoms with E-state index in [1.807, 2.05) is 54.6 Å². The first-order chi connectivity index (χ1) is 15.5. The Morgan fingerprint density at radius 2 is 2.09 bits per heavy atom. The average Bonchev–Trinajstić information content (AvgIpc) is 3.32. The molecule has 0 radical (unpaired) electrons. The zero-order chi connectivity index (χ0) is 22.2. The lowest BCUT2D eigenvalue weighted by atomic mass is 10.0. The predicted molar refractivity (Wildman–Crippen MR) is 123 cm³/mol. The van der Waals surface area contributed by atoms with Gasteiger partial charge in [0.15, 0.2) is 11.6 Å². The van der Waals surface area contributed by atoms with E-state index in [-0.39, 0.29) is 0 Å². The van der Waals surface area contributed by atoms with Crippen molar-refractivity contribution in [1.82, 2.24) is 34.3 Å². The lowest BCUT2D eigenvalue weighted by Gasteiger charge is -2.39. The number of nitrogens with one attached hydrogen (secondary N) is 1. The van der Waals surface area contributed by atoms with E-state index in [9.17, 15) is 0 Å². The molecule has 1 atom stereocenters. The molecule has 32 heavy (non-hydrogen) atoms. The number of likely N-dealkylation sites (N-methyl/N-ethyl adjacent to an activating group) is 1.